The maximum Gasteiger partial charge on any atom is 0.222 e. The van der Waals surface area contributed by atoms with Crippen molar-refractivity contribution in [2.24, 2.45) is 0 Å². The predicted octanol–water partition coefficient (Wildman–Crippen LogP) is -0.286. The Balaban J connectivity index is 2.06. The van der Waals surface area contributed by atoms with Crippen LogP contribution in [-0.2, 0) is 15.3 Å². The summed E-state index contributed by atoms with van der Waals surface area (Å²) in [6.07, 6.45) is -7.64. The monoisotopic (exact) mass is 422 g/mol. The molecule has 1 saturated heterocycles. The quantitative estimate of drug-likeness (QED) is 0.381. The van der Waals surface area contributed by atoms with Crippen molar-refractivity contribution in [3.05, 3.63) is 59.7 Å². The molecular weight excluding hydrogens is 396 g/mol. The highest BCUT2D eigenvalue weighted by molar-refractivity contribution is 5.44. The average molecular weight is 422 g/mol. The third kappa shape index (κ3) is 4.28. The molecule has 3 rings (SSSR count). The maximum absolute atomic E-state index is 11.6. The van der Waals surface area contributed by atoms with Gasteiger partial charge in [-0.3, -0.25) is 0 Å². The summed E-state index contributed by atoms with van der Waals surface area (Å²) in [5.74, 6) is -1.39. The summed E-state index contributed by atoms with van der Waals surface area (Å²) in [5.41, 5.74) is 0.513. The van der Waals surface area contributed by atoms with Crippen molar-refractivity contribution in [3.8, 4) is 11.5 Å². The zero-order valence-corrected chi connectivity index (χ0v) is 16.6. The van der Waals surface area contributed by atoms with Crippen LogP contribution in [0.25, 0.3) is 0 Å². The zero-order valence-electron chi connectivity index (χ0n) is 16.6. The normalized spacial score (nSPS) is 28.6. The van der Waals surface area contributed by atoms with Gasteiger partial charge in [0.2, 0.25) is 5.79 Å². The van der Waals surface area contributed by atoms with Gasteiger partial charge in [0.25, 0.3) is 0 Å². The molecule has 0 bridgehead atoms. The van der Waals surface area contributed by atoms with Gasteiger partial charge in [0.1, 0.15) is 35.9 Å². The summed E-state index contributed by atoms with van der Waals surface area (Å²) in [6.45, 7) is -0.623. The van der Waals surface area contributed by atoms with E-state index in [1.165, 1.54) is 26.4 Å². The second-order valence-electron chi connectivity index (χ2n) is 6.93. The van der Waals surface area contributed by atoms with Crippen LogP contribution in [0.5, 0.6) is 11.5 Å². The van der Waals surface area contributed by atoms with Gasteiger partial charge in [-0.05, 0) is 12.1 Å². The van der Waals surface area contributed by atoms with E-state index in [0.29, 0.717) is 17.1 Å². The Morgan fingerprint density at radius 1 is 0.867 bits per heavy atom. The number of benzene rings is 2. The Morgan fingerprint density at radius 3 is 2.00 bits per heavy atom. The van der Waals surface area contributed by atoms with Crippen LogP contribution in [0.3, 0.4) is 0 Å². The molecule has 30 heavy (non-hydrogen) atoms. The summed E-state index contributed by atoms with van der Waals surface area (Å²) >= 11 is 0. The van der Waals surface area contributed by atoms with Gasteiger partial charge < -0.3 is 44.5 Å². The van der Waals surface area contributed by atoms with Gasteiger partial charge in [-0.25, -0.2) is 0 Å². The molecule has 9 nitrogen and oxygen atoms in total. The number of aliphatic hydroxyl groups excluding tert-OH is 4. The molecule has 9 heteroatoms. The summed E-state index contributed by atoms with van der Waals surface area (Å²) in [6, 6.07) is 13.0. The smallest absolute Gasteiger partial charge is 0.222 e. The second kappa shape index (κ2) is 9.27. The first-order valence-corrected chi connectivity index (χ1v) is 9.33. The van der Waals surface area contributed by atoms with Gasteiger partial charge in [0, 0.05) is 17.2 Å². The Hall–Kier alpha value is -2.24. The molecule has 1 heterocycles. The molecule has 2 aromatic rings. The molecule has 1 aliphatic heterocycles. The standard InChI is InChI=1S/C21H26O9/c1-27-14-8-13(9-15(10-14)28-2)21(26,12-6-4-3-5-7-12)30-20-19(25)18(24)17(23)16(11-22)29-20/h3-10,16-20,22-26H,11H2,1-2H3/t16-,17-,18+,19-,20+,21?/m1/s1. The first-order valence-electron chi connectivity index (χ1n) is 9.33. The lowest BCUT2D eigenvalue weighted by Gasteiger charge is -2.43. The van der Waals surface area contributed by atoms with E-state index in [0.717, 1.165) is 0 Å². The topological polar surface area (TPSA) is 138 Å². The maximum atomic E-state index is 11.6. The molecule has 1 unspecified atom stereocenters. The molecule has 1 aliphatic rings. The largest absolute Gasteiger partial charge is 0.497 e. The SMILES string of the molecule is COc1cc(OC)cc(C(O)(O[C@@H]2O[C@H](CO)[C@@H](O)[C@H](O)[C@H]2O)c2ccccc2)c1. The molecule has 0 saturated carbocycles. The number of hydrogen-bond donors (Lipinski definition) is 5. The molecule has 0 spiro atoms. The number of rotatable bonds is 7. The first-order chi connectivity index (χ1) is 14.3. The highest BCUT2D eigenvalue weighted by atomic mass is 16.8. The first kappa shape index (κ1) is 22.4. The van der Waals surface area contributed by atoms with Crippen molar-refractivity contribution in [1.82, 2.24) is 0 Å². The Labute approximate surface area is 173 Å². The van der Waals surface area contributed by atoms with Crippen LogP contribution in [0.1, 0.15) is 11.1 Å². The molecule has 0 aliphatic carbocycles. The zero-order chi connectivity index (χ0) is 21.9. The third-order valence-electron chi connectivity index (χ3n) is 5.04. The lowest BCUT2D eigenvalue weighted by molar-refractivity contribution is -0.356. The van der Waals surface area contributed by atoms with E-state index in [4.69, 9.17) is 18.9 Å². The van der Waals surface area contributed by atoms with Crippen LogP contribution in [0, 0.1) is 0 Å². The number of hydrogen-bond acceptors (Lipinski definition) is 9. The number of ether oxygens (including phenoxy) is 4. The van der Waals surface area contributed by atoms with Gasteiger partial charge in [-0.1, -0.05) is 30.3 Å². The minimum atomic E-state index is -2.16. The van der Waals surface area contributed by atoms with E-state index in [1.807, 2.05) is 0 Å². The molecule has 5 N–H and O–H groups in total. The Morgan fingerprint density at radius 2 is 1.47 bits per heavy atom. The lowest BCUT2D eigenvalue weighted by atomic mass is 9.95. The van der Waals surface area contributed by atoms with Gasteiger partial charge in [0.15, 0.2) is 6.29 Å². The van der Waals surface area contributed by atoms with Crippen molar-refractivity contribution in [1.29, 1.82) is 0 Å². The Kier molecular flexibility index (Phi) is 6.94. The Bertz CT molecular complexity index is 806. The van der Waals surface area contributed by atoms with E-state index in [-0.39, 0.29) is 5.56 Å². The molecular formula is C21H26O9. The lowest BCUT2D eigenvalue weighted by Crippen LogP contribution is -2.60. The fourth-order valence-electron chi connectivity index (χ4n) is 3.30. The molecule has 6 atom stereocenters. The summed E-state index contributed by atoms with van der Waals surface area (Å²) < 4.78 is 21.8. The molecule has 164 valence electrons. The molecule has 0 amide bonds. The summed E-state index contributed by atoms with van der Waals surface area (Å²) in [7, 11) is 2.91. The van der Waals surface area contributed by atoms with E-state index in [2.05, 4.69) is 0 Å². The third-order valence-corrected chi connectivity index (χ3v) is 5.04. The van der Waals surface area contributed by atoms with E-state index in [9.17, 15) is 25.5 Å². The van der Waals surface area contributed by atoms with Crippen LogP contribution in [-0.4, -0.2) is 77.1 Å². The minimum absolute atomic E-state index is 0.210. The number of methoxy groups -OCH3 is 2. The highest BCUT2D eigenvalue weighted by Gasteiger charge is 2.48. The fraction of sp³-hybridized carbons (Fsp3) is 0.429. The van der Waals surface area contributed by atoms with Crippen molar-refractivity contribution >= 4 is 0 Å². The molecule has 0 aromatic heterocycles. The number of aliphatic hydroxyl groups is 5. The minimum Gasteiger partial charge on any atom is -0.497 e. The van der Waals surface area contributed by atoms with Gasteiger partial charge >= 0.3 is 0 Å². The van der Waals surface area contributed by atoms with Gasteiger partial charge in [0.05, 0.1) is 20.8 Å². The van der Waals surface area contributed by atoms with Crippen LogP contribution in [0.4, 0.5) is 0 Å². The van der Waals surface area contributed by atoms with Crippen LogP contribution in [0.15, 0.2) is 48.5 Å². The fourth-order valence-corrected chi connectivity index (χ4v) is 3.30. The van der Waals surface area contributed by atoms with E-state index >= 15 is 0 Å². The highest BCUT2D eigenvalue weighted by Crippen LogP contribution is 2.38. The van der Waals surface area contributed by atoms with Gasteiger partial charge in [-0.2, -0.15) is 0 Å². The van der Waals surface area contributed by atoms with Crippen molar-refractivity contribution in [3.63, 3.8) is 0 Å². The van der Waals surface area contributed by atoms with E-state index in [1.54, 1.807) is 36.4 Å². The van der Waals surface area contributed by atoms with Crippen LogP contribution < -0.4 is 9.47 Å². The van der Waals surface area contributed by atoms with Crippen molar-refractivity contribution in [2.75, 3.05) is 20.8 Å². The predicted molar refractivity (Wildman–Crippen MR) is 104 cm³/mol. The summed E-state index contributed by atoms with van der Waals surface area (Å²) in [5, 5.41) is 51.5. The van der Waals surface area contributed by atoms with Crippen LogP contribution >= 0.6 is 0 Å². The van der Waals surface area contributed by atoms with Crippen LogP contribution in [0.2, 0.25) is 0 Å². The summed E-state index contributed by atoms with van der Waals surface area (Å²) in [4.78, 5) is 0. The molecule has 2 aromatic carbocycles. The molecule has 1 fully saturated rings. The van der Waals surface area contributed by atoms with Crippen molar-refractivity contribution < 1.29 is 44.5 Å². The van der Waals surface area contributed by atoms with Crippen molar-refractivity contribution in [2.45, 2.75) is 36.5 Å². The van der Waals surface area contributed by atoms with Gasteiger partial charge in [-0.15, -0.1) is 0 Å². The van der Waals surface area contributed by atoms with E-state index < -0.39 is 43.1 Å². The molecule has 0 radical (unpaired) electrons. The second-order valence-corrected chi connectivity index (χ2v) is 6.93. The average Bonchev–Trinajstić information content (AvgIpc) is 2.79.